The number of carbonyl (C=O) groups is 1. The number of carbonyl (C=O) groups excluding carboxylic acids is 1. The maximum Gasteiger partial charge on any atom is 0.406 e. The summed E-state index contributed by atoms with van der Waals surface area (Å²) in [5.74, 6) is -0.442. The lowest BCUT2D eigenvalue weighted by Gasteiger charge is -2.30. The van der Waals surface area contributed by atoms with Gasteiger partial charge in [0, 0.05) is 5.02 Å². The number of amides is 1. The summed E-state index contributed by atoms with van der Waals surface area (Å²) in [5, 5.41) is 0.484. The third-order valence-electron chi connectivity index (χ3n) is 3.89. The first-order chi connectivity index (χ1) is 11.8. The molecule has 134 valence electrons. The topological polar surface area (TPSA) is 42.7 Å². The van der Waals surface area contributed by atoms with Crippen molar-refractivity contribution < 1.29 is 27.1 Å². The SMILES string of the molecule is O=C(C1COc2ccc(Cl)cc2C1)N(Cc1ccco1)CC(F)(F)F. The van der Waals surface area contributed by atoms with Gasteiger partial charge in [-0.2, -0.15) is 13.2 Å². The van der Waals surface area contributed by atoms with Gasteiger partial charge in [0.2, 0.25) is 5.91 Å². The molecule has 1 atom stereocenters. The van der Waals surface area contributed by atoms with Gasteiger partial charge >= 0.3 is 6.18 Å². The molecule has 0 bridgehead atoms. The number of rotatable bonds is 4. The molecule has 1 aromatic carbocycles. The first-order valence-corrected chi connectivity index (χ1v) is 7.99. The van der Waals surface area contributed by atoms with Gasteiger partial charge in [-0.05, 0) is 42.3 Å². The summed E-state index contributed by atoms with van der Waals surface area (Å²) < 4.78 is 49.2. The number of nitrogens with zero attached hydrogens (tertiary/aromatic N) is 1. The molecular weight excluding hydrogens is 359 g/mol. The minimum absolute atomic E-state index is 0.0278. The fourth-order valence-electron chi connectivity index (χ4n) is 2.80. The Kier molecular flexibility index (Phi) is 4.94. The van der Waals surface area contributed by atoms with Gasteiger partial charge in [0.25, 0.3) is 0 Å². The molecule has 4 nitrogen and oxygen atoms in total. The molecule has 8 heteroatoms. The molecule has 0 radical (unpaired) electrons. The quantitative estimate of drug-likeness (QED) is 0.811. The summed E-state index contributed by atoms with van der Waals surface area (Å²) in [6.07, 6.45) is -2.87. The highest BCUT2D eigenvalue weighted by atomic mass is 35.5. The van der Waals surface area contributed by atoms with Crippen molar-refractivity contribution in [3.63, 3.8) is 0 Å². The lowest BCUT2D eigenvalue weighted by Crippen LogP contribution is -2.44. The maximum atomic E-state index is 12.9. The van der Waals surface area contributed by atoms with E-state index < -0.39 is 24.5 Å². The number of halogens is 4. The number of hydrogen-bond acceptors (Lipinski definition) is 3. The van der Waals surface area contributed by atoms with Crippen molar-refractivity contribution in [3.05, 3.63) is 52.9 Å². The molecule has 1 aliphatic rings. The zero-order valence-electron chi connectivity index (χ0n) is 13.1. The van der Waals surface area contributed by atoms with Crippen LogP contribution in [0.1, 0.15) is 11.3 Å². The Morgan fingerprint density at radius 2 is 2.12 bits per heavy atom. The van der Waals surface area contributed by atoms with Gasteiger partial charge in [-0.1, -0.05) is 11.6 Å². The number of ether oxygens (including phenoxy) is 1. The summed E-state index contributed by atoms with van der Waals surface area (Å²) in [6.45, 7) is -1.56. The van der Waals surface area contributed by atoms with Crippen LogP contribution in [0.3, 0.4) is 0 Å². The van der Waals surface area contributed by atoms with E-state index in [0.29, 0.717) is 16.3 Å². The zero-order chi connectivity index (χ0) is 18.0. The van der Waals surface area contributed by atoms with E-state index in [9.17, 15) is 18.0 Å². The second-order valence-electron chi connectivity index (χ2n) is 5.85. The standard InChI is InChI=1S/C17H15ClF3NO3/c18-13-3-4-15-11(7-13)6-12(9-25-15)16(23)22(10-17(19,20)21)8-14-2-1-5-24-14/h1-5,7,12H,6,8-10H2. The molecule has 1 unspecified atom stereocenters. The molecule has 1 aliphatic heterocycles. The lowest BCUT2D eigenvalue weighted by atomic mass is 9.95. The molecule has 0 aliphatic carbocycles. The van der Waals surface area contributed by atoms with Crippen molar-refractivity contribution in [3.8, 4) is 5.75 Å². The number of alkyl halides is 3. The van der Waals surface area contributed by atoms with E-state index in [-0.39, 0.29) is 25.3 Å². The van der Waals surface area contributed by atoms with Gasteiger partial charge in [-0.3, -0.25) is 4.79 Å². The van der Waals surface area contributed by atoms with Crippen LogP contribution in [0.2, 0.25) is 5.02 Å². The third-order valence-corrected chi connectivity index (χ3v) is 4.12. The average molecular weight is 374 g/mol. The molecule has 25 heavy (non-hydrogen) atoms. The van der Waals surface area contributed by atoms with Crippen molar-refractivity contribution in [2.75, 3.05) is 13.2 Å². The van der Waals surface area contributed by atoms with Crippen LogP contribution in [0.5, 0.6) is 5.75 Å². The van der Waals surface area contributed by atoms with E-state index in [1.165, 1.54) is 12.3 Å². The Labute approximate surface area is 147 Å². The Hall–Kier alpha value is -2.15. The van der Waals surface area contributed by atoms with Crippen LogP contribution in [-0.2, 0) is 17.8 Å². The number of hydrogen-bond donors (Lipinski definition) is 0. The molecule has 0 spiro atoms. The van der Waals surface area contributed by atoms with Crippen LogP contribution in [0.4, 0.5) is 13.2 Å². The van der Waals surface area contributed by atoms with Crippen molar-refractivity contribution in [2.24, 2.45) is 5.92 Å². The van der Waals surface area contributed by atoms with Crippen LogP contribution in [0.15, 0.2) is 41.0 Å². The highest BCUT2D eigenvalue weighted by molar-refractivity contribution is 6.30. The first kappa shape index (κ1) is 17.7. The predicted molar refractivity (Wildman–Crippen MR) is 84.3 cm³/mol. The number of furan rings is 1. The van der Waals surface area contributed by atoms with Crippen molar-refractivity contribution >= 4 is 17.5 Å². The van der Waals surface area contributed by atoms with Crippen molar-refractivity contribution in [2.45, 2.75) is 19.1 Å². The highest BCUT2D eigenvalue weighted by Gasteiger charge is 2.37. The minimum atomic E-state index is -4.50. The normalized spacial score (nSPS) is 16.9. The van der Waals surface area contributed by atoms with E-state index in [1.807, 2.05) is 0 Å². The summed E-state index contributed by atoms with van der Waals surface area (Å²) in [4.78, 5) is 13.4. The molecule has 0 saturated carbocycles. The van der Waals surface area contributed by atoms with E-state index in [1.54, 1.807) is 24.3 Å². The van der Waals surface area contributed by atoms with E-state index in [2.05, 4.69) is 0 Å². The molecule has 2 aromatic rings. The molecule has 2 heterocycles. The van der Waals surface area contributed by atoms with Crippen molar-refractivity contribution in [1.29, 1.82) is 0 Å². The third kappa shape index (κ3) is 4.48. The maximum absolute atomic E-state index is 12.9. The summed E-state index contributed by atoms with van der Waals surface area (Å²) in [6, 6.07) is 8.11. The van der Waals surface area contributed by atoms with Crippen LogP contribution in [-0.4, -0.2) is 30.1 Å². The monoisotopic (exact) mass is 373 g/mol. The highest BCUT2D eigenvalue weighted by Crippen LogP contribution is 2.31. The number of benzene rings is 1. The molecule has 0 saturated heterocycles. The Bertz CT molecular complexity index is 746. The second kappa shape index (κ2) is 7.00. The van der Waals surface area contributed by atoms with Crippen LogP contribution in [0, 0.1) is 5.92 Å². The van der Waals surface area contributed by atoms with Crippen LogP contribution < -0.4 is 4.74 Å². The number of fused-ring (bicyclic) bond motifs is 1. The Morgan fingerprint density at radius 3 is 2.80 bits per heavy atom. The molecule has 0 fully saturated rings. The fourth-order valence-corrected chi connectivity index (χ4v) is 2.99. The molecule has 1 amide bonds. The van der Waals surface area contributed by atoms with Crippen molar-refractivity contribution in [1.82, 2.24) is 4.90 Å². The summed E-state index contributed by atoms with van der Waals surface area (Å²) in [5.41, 5.74) is 0.710. The predicted octanol–water partition coefficient (Wildman–Crippen LogP) is 4.08. The Balaban J connectivity index is 1.77. The van der Waals surface area contributed by atoms with Gasteiger partial charge in [0.15, 0.2) is 0 Å². The van der Waals surface area contributed by atoms with Crippen LogP contribution in [0.25, 0.3) is 0 Å². The molecule has 1 aromatic heterocycles. The molecular formula is C17H15ClF3NO3. The van der Waals surface area contributed by atoms with E-state index in [0.717, 1.165) is 4.90 Å². The van der Waals surface area contributed by atoms with E-state index >= 15 is 0 Å². The van der Waals surface area contributed by atoms with Crippen LogP contribution >= 0.6 is 11.6 Å². The fraction of sp³-hybridized carbons (Fsp3) is 0.353. The van der Waals surface area contributed by atoms with Gasteiger partial charge in [0.05, 0.1) is 18.7 Å². The summed E-state index contributed by atoms with van der Waals surface area (Å²) in [7, 11) is 0. The molecule has 3 rings (SSSR count). The zero-order valence-corrected chi connectivity index (χ0v) is 13.8. The first-order valence-electron chi connectivity index (χ1n) is 7.61. The average Bonchev–Trinajstić information content (AvgIpc) is 3.04. The van der Waals surface area contributed by atoms with Gasteiger partial charge in [-0.15, -0.1) is 0 Å². The van der Waals surface area contributed by atoms with Gasteiger partial charge < -0.3 is 14.1 Å². The smallest absolute Gasteiger partial charge is 0.406 e. The van der Waals surface area contributed by atoms with Gasteiger partial charge in [0.1, 0.15) is 24.7 Å². The second-order valence-corrected chi connectivity index (χ2v) is 6.29. The Morgan fingerprint density at radius 1 is 1.32 bits per heavy atom. The minimum Gasteiger partial charge on any atom is -0.492 e. The van der Waals surface area contributed by atoms with Gasteiger partial charge in [-0.25, -0.2) is 0 Å². The molecule has 0 N–H and O–H groups in total. The van der Waals surface area contributed by atoms with E-state index in [4.69, 9.17) is 20.8 Å². The summed E-state index contributed by atoms with van der Waals surface area (Å²) >= 11 is 5.94. The lowest BCUT2D eigenvalue weighted by molar-refractivity contribution is -0.166. The largest absolute Gasteiger partial charge is 0.492 e.